The normalized spacial score (nSPS) is 11.3. The topological polar surface area (TPSA) is 84.3 Å². The molecule has 0 aliphatic rings. The number of anilines is 1. The third-order valence-corrected chi connectivity index (χ3v) is 7.01. The molecule has 1 N–H and O–H groups in total. The fourth-order valence-corrected chi connectivity index (χ4v) is 4.93. The summed E-state index contributed by atoms with van der Waals surface area (Å²) in [7, 11) is -3.79. The van der Waals surface area contributed by atoms with Gasteiger partial charge in [-0.2, -0.15) is 5.10 Å². The summed E-state index contributed by atoms with van der Waals surface area (Å²) in [6.45, 7) is 7.15. The van der Waals surface area contributed by atoms with Crippen LogP contribution < -0.4 is 9.62 Å². The number of para-hydroxylation sites is 1. The lowest BCUT2D eigenvalue weighted by atomic mass is 10.2. The quantitative estimate of drug-likeness (QED) is 0.475. The monoisotopic (exact) mass is 454 g/mol. The van der Waals surface area contributed by atoms with E-state index in [9.17, 15) is 13.2 Å². The lowest BCUT2D eigenvalue weighted by Crippen LogP contribution is -2.35. The number of hydrogen-bond donors (Lipinski definition) is 1. The number of sulfonamides is 1. The zero-order chi connectivity index (χ0) is 23.1. The molecule has 0 radical (unpaired) electrons. The Kier molecular flexibility index (Phi) is 7.69. The molecule has 0 unspecified atom stereocenters. The van der Waals surface area contributed by atoms with Crippen molar-refractivity contribution in [2.45, 2.75) is 45.1 Å². The molecule has 1 heterocycles. The van der Waals surface area contributed by atoms with Gasteiger partial charge in [-0.25, -0.2) is 8.42 Å². The minimum Gasteiger partial charge on any atom is -0.356 e. The maximum absolute atomic E-state index is 13.3. The van der Waals surface area contributed by atoms with E-state index >= 15 is 0 Å². The molecule has 0 aliphatic heterocycles. The zero-order valence-electron chi connectivity index (χ0n) is 18.8. The number of amides is 1. The van der Waals surface area contributed by atoms with E-state index in [4.69, 9.17) is 0 Å². The summed E-state index contributed by atoms with van der Waals surface area (Å²) in [6, 6.07) is 17.6. The number of nitrogens with zero attached hydrogens (tertiary/aromatic N) is 3. The second-order valence-corrected chi connectivity index (χ2v) is 9.69. The Labute approximate surface area is 190 Å². The molecule has 2 aromatic carbocycles. The van der Waals surface area contributed by atoms with Crippen LogP contribution in [-0.2, 0) is 21.4 Å². The number of benzene rings is 2. The Morgan fingerprint density at radius 1 is 1.03 bits per heavy atom. The van der Waals surface area contributed by atoms with E-state index in [0.717, 1.165) is 29.9 Å². The average Bonchev–Trinajstić information content (AvgIpc) is 3.09. The van der Waals surface area contributed by atoms with E-state index in [0.29, 0.717) is 12.2 Å². The second kappa shape index (κ2) is 10.5. The van der Waals surface area contributed by atoms with Gasteiger partial charge in [-0.1, -0.05) is 35.9 Å². The first-order valence-corrected chi connectivity index (χ1v) is 12.1. The van der Waals surface area contributed by atoms with E-state index in [-0.39, 0.29) is 23.8 Å². The van der Waals surface area contributed by atoms with Crippen molar-refractivity contribution in [3.8, 4) is 0 Å². The van der Waals surface area contributed by atoms with Crippen molar-refractivity contribution in [2.24, 2.45) is 0 Å². The van der Waals surface area contributed by atoms with Crippen molar-refractivity contribution < 1.29 is 13.2 Å². The summed E-state index contributed by atoms with van der Waals surface area (Å²) in [6.07, 6.45) is 0.817. The Morgan fingerprint density at radius 3 is 2.34 bits per heavy atom. The highest BCUT2D eigenvalue weighted by Crippen LogP contribution is 2.24. The molecule has 0 saturated carbocycles. The van der Waals surface area contributed by atoms with E-state index < -0.39 is 10.0 Å². The highest BCUT2D eigenvalue weighted by atomic mass is 32.2. The van der Waals surface area contributed by atoms with Crippen LogP contribution in [0.1, 0.15) is 29.8 Å². The predicted octanol–water partition coefficient (Wildman–Crippen LogP) is 3.60. The van der Waals surface area contributed by atoms with Crippen molar-refractivity contribution in [1.29, 1.82) is 0 Å². The van der Waals surface area contributed by atoms with Gasteiger partial charge in [-0.3, -0.25) is 13.8 Å². The van der Waals surface area contributed by atoms with Crippen molar-refractivity contribution in [1.82, 2.24) is 15.1 Å². The first kappa shape index (κ1) is 23.5. The molecular weight excluding hydrogens is 424 g/mol. The second-order valence-electron chi connectivity index (χ2n) is 7.83. The minimum absolute atomic E-state index is 0.0590. The predicted molar refractivity (Wildman–Crippen MR) is 126 cm³/mol. The first-order valence-electron chi connectivity index (χ1n) is 10.7. The number of carbonyl (C=O) groups is 1. The van der Waals surface area contributed by atoms with Gasteiger partial charge in [-0.05, 0) is 57.5 Å². The highest BCUT2D eigenvalue weighted by molar-refractivity contribution is 7.92. The molecule has 1 amide bonds. The summed E-state index contributed by atoms with van der Waals surface area (Å²) >= 11 is 0. The van der Waals surface area contributed by atoms with Gasteiger partial charge in [0.25, 0.3) is 10.0 Å². The van der Waals surface area contributed by atoms with Gasteiger partial charge in [-0.15, -0.1) is 0 Å². The molecule has 0 bridgehead atoms. The molecule has 32 heavy (non-hydrogen) atoms. The summed E-state index contributed by atoms with van der Waals surface area (Å²) in [4.78, 5) is 12.6. The maximum atomic E-state index is 13.3. The van der Waals surface area contributed by atoms with Crippen LogP contribution in [0.15, 0.2) is 65.6 Å². The summed E-state index contributed by atoms with van der Waals surface area (Å²) in [5, 5.41) is 7.29. The van der Waals surface area contributed by atoms with E-state index in [1.807, 2.05) is 37.6 Å². The van der Waals surface area contributed by atoms with Crippen LogP contribution in [0.5, 0.6) is 0 Å². The molecule has 1 aromatic heterocycles. The Bertz CT molecular complexity index is 1140. The average molecular weight is 455 g/mol. The van der Waals surface area contributed by atoms with Gasteiger partial charge in [0.15, 0.2) is 0 Å². The molecule has 7 nitrogen and oxygen atoms in total. The maximum Gasteiger partial charge on any atom is 0.264 e. The van der Waals surface area contributed by atoms with Crippen LogP contribution in [-0.4, -0.2) is 37.2 Å². The molecular formula is C24H30N4O3S. The van der Waals surface area contributed by atoms with Crippen LogP contribution in [0, 0.1) is 20.8 Å². The molecule has 0 spiro atoms. The van der Waals surface area contributed by atoms with E-state index in [2.05, 4.69) is 10.4 Å². The van der Waals surface area contributed by atoms with Gasteiger partial charge < -0.3 is 5.32 Å². The largest absolute Gasteiger partial charge is 0.356 e. The number of rotatable bonds is 10. The van der Waals surface area contributed by atoms with Gasteiger partial charge >= 0.3 is 0 Å². The minimum atomic E-state index is -3.79. The molecule has 3 rings (SSSR count). The van der Waals surface area contributed by atoms with E-state index in [1.165, 1.54) is 4.31 Å². The molecule has 170 valence electrons. The molecule has 0 aliphatic carbocycles. The number of carbonyl (C=O) groups excluding carboxylic acids is 1. The van der Waals surface area contributed by atoms with Gasteiger partial charge in [0.1, 0.15) is 0 Å². The lowest BCUT2D eigenvalue weighted by Gasteiger charge is -2.24. The van der Waals surface area contributed by atoms with Crippen LogP contribution in [0.3, 0.4) is 0 Å². The van der Waals surface area contributed by atoms with Crippen LogP contribution in [0.25, 0.3) is 0 Å². The standard InChI is InChI=1S/C24H30N4O3S/c1-19-10-12-23(13-11-19)32(30,31)28(22-8-5-4-6-9-22)17-14-24(29)25-15-7-16-27-21(3)18-20(2)26-27/h4-6,8-13,18H,7,14-17H2,1-3H3,(H,25,29). The Balaban J connectivity index is 1.61. The number of nitrogens with one attached hydrogen (secondary N) is 1. The summed E-state index contributed by atoms with van der Waals surface area (Å²) in [5.41, 5.74) is 3.58. The van der Waals surface area contributed by atoms with Gasteiger partial charge in [0.05, 0.1) is 16.3 Å². The zero-order valence-corrected chi connectivity index (χ0v) is 19.6. The molecule has 3 aromatic rings. The molecule has 0 atom stereocenters. The fraction of sp³-hybridized carbons (Fsp3) is 0.333. The Hall–Kier alpha value is -3.13. The van der Waals surface area contributed by atoms with E-state index in [1.54, 1.807) is 48.5 Å². The van der Waals surface area contributed by atoms with Crippen LogP contribution in [0.4, 0.5) is 5.69 Å². The van der Waals surface area contributed by atoms with Crippen molar-refractivity contribution >= 4 is 21.6 Å². The number of aryl methyl sites for hydroxylation is 4. The third kappa shape index (κ3) is 5.97. The highest BCUT2D eigenvalue weighted by Gasteiger charge is 2.25. The van der Waals surface area contributed by atoms with Gasteiger partial charge in [0.2, 0.25) is 5.91 Å². The first-order chi connectivity index (χ1) is 15.3. The smallest absolute Gasteiger partial charge is 0.264 e. The Morgan fingerprint density at radius 2 is 1.72 bits per heavy atom. The summed E-state index contributed by atoms with van der Waals surface area (Å²) in [5.74, 6) is -0.182. The van der Waals surface area contributed by atoms with Crippen LogP contribution in [0.2, 0.25) is 0 Å². The number of hydrogen-bond acceptors (Lipinski definition) is 4. The van der Waals surface area contributed by atoms with Crippen molar-refractivity contribution in [2.75, 3.05) is 17.4 Å². The van der Waals surface area contributed by atoms with Crippen molar-refractivity contribution in [3.63, 3.8) is 0 Å². The molecule has 8 heteroatoms. The summed E-state index contributed by atoms with van der Waals surface area (Å²) < 4.78 is 29.8. The molecule has 0 fully saturated rings. The van der Waals surface area contributed by atoms with Crippen LogP contribution >= 0.6 is 0 Å². The third-order valence-electron chi connectivity index (χ3n) is 5.17. The molecule has 0 saturated heterocycles. The van der Waals surface area contributed by atoms with Crippen molar-refractivity contribution in [3.05, 3.63) is 77.6 Å². The lowest BCUT2D eigenvalue weighted by molar-refractivity contribution is -0.120. The van der Waals surface area contributed by atoms with Gasteiger partial charge in [0, 0.05) is 31.7 Å². The number of aromatic nitrogens is 2. The SMILES string of the molecule is Cc1ccc(S(=O)(=O)N(CCC(=O)NCCCn2nc(C)cc2C)c2ccccc2)cc1. The fourth-order valence-electron chi connectivity index (χ4n) is 3.47.